The topological polar surface area (TPSA) is 49.3 Å². The third kappa shape index (κ3) is 4.87. The quantitative estimate of drug-likeness (QED) is 0.507. The summed E-state index contributed by atoms with van der Waals surface area (Å²) >= 11 is 0. The molecule has 0 radical (unpaired) electrons. The summed E-state index contributed by atoms with van der Waals surface area (Å²) in [6, 6.07) is 28.8. The van der Waals surface area contributed by atoms with E-state index in [1.54, 1.807) is 0 Å². The Hall–Kier alpha value is -2.19. The molecule has 3 rings (SSSR count). The summed E-state index contributed by atoms with van der Waals surface area (Å²) in [6.45, 7) is 3.97. The second-order valence-corrected chi connectivity index (χ2v) is 9.97. The van der Waals surface area contributed by atoms with Gasteiger partial charge in [0.25, 0.3) is 0 Å². The highest BCUT2D eigenvalue weighted by Crippen LogP contribution is 2.41. The van der Waals surface area contributed by atoms with Gasteiger partial charge in [0.05, 0.1) is 5.60 Å². The van der Waals surface area contributed by atoms with Crippen LogP contribution >= 0.6 is 7.29 Å². The van der Waals surface area contributed by atoms with Gasteiger partial charge in [0.15, 0.2) is 0 Å². The van der Waals surface area contributed by atoms with Crippen molar-refractivity contribution < 1.29 is 9.67 Å². The maximum absolute atomic E-state index is 14.5. The van der Waals surface area contributed by atoms with Gasteiger partial charge >= 0.3 is 0 Å². The Morgan fingerprint density at radius 3 is 1.62 bits per heavy atom. The lowest BCUT2D eigenvalue weighted by atomic mass is 9.85. The fourth-order valence-corrected chi connectivity index (χ4v) is 6.29. The first-order valence-corrected chi connectivity index (χ1v) is 12.0. The molecule has 0 aliphatic rings. The molecule has 0 aliphatic heterocycles. The predicted octanol–water partition coefficient (Wildman–Crippen LogP) is 4.67. The zero-order valence-corrected chi connectivity index (χ0v) is 18.1. The van der Waals surface area contributed by atoms with Gasteiger partial charge < -0.3 is 5.11 Å². The molecule has 0 spiro atoms. The van der Waals surface area contributed by atoms with Crippen LogP contribution in [-0.4, -0.2) is 16.7 Å². The minimum Gasteiger partial charge on any atom is -0.388 e. The van der Waals surface area contributed by atoms with Gasteiger partial charge in [-0.1, -0.05) is 80.6 Å². The van der Waals surface area contributed by atoms with Crippen LogP contribution in [0.25, 0.3) is 0 Å². The molecule has 29 heavy (non-hydrogen) atoms. The van der Waals surface area contributed by atoms with Crippen molar-refractivity contribution in [3.63, 3.8) is 0 Å². The molecule has 0 fully saturated rings. The van der Waals surface area contributed by atoms with E-state index in [0.29, 0.717) is 19.3 Å². The van der Waals surface area contributed by atoms with Crippen LogP contribution in [0, 0.1) is 0 Å². The van der Waals surface area contributed by atoms with Crippen molar-refractivity contribution in [2.45, 2.75) is 44.8 Å². The monoisotopic (exact) mass is 407 g/mol. The van der Waals surface area contributed by atoms with Crippen LogP contribution in [0.5, 0.6) is 0 Å². The molecule has 0 heterocycles. The molecule has 4 heteroatoms. The average Bonchev–Trinajstić information content (AvgIpc) is 2.80. The maximum Gasteiger partial charge on any atom is 0.204 e. The Labute approximate surface area is 174 Å². The summed E-state index contributed by atoms with van der Waals surface area (Å²) in [5.41, 5.74) is 0.146. The smallest absolute Gasteiger partial charge is 0.204 e. The Bertz CT molecular complexity index is 881. The molecular formula is C25H30NO2P. The molecule has 1 unspecified atom stereocenters. The second kappa shape index (κ2) is 9.54. The number of hydrogen-bond donors (Lipinski definition) is 2. The van der Waals surface area contributed by atoms with E-state index in [4.69, 9.17) is 0 Å². The van der Waals surface area contributed by atoms with E-state index < -0.39 is 12.9 Å². The molecule has 1 atom stereocenters. The molecule has 0 amide bonds. The lowest BCUT2D eigenvalue weighted by molar-refractivity contribution is 0.00125. The number of hydrogen-bond acceptors (Lipinski definition) is 2. The van der Waals surface area contributed by atoms with Crippen molar-refractivity contribution in [3.8, 4) is 0 Å². The summed E-state index contributed by atoms with van der Waals surface area (Å²) in [6.07, 6.45) is 1.76. The Balaban J connectivity index is 2.07. The standard InChI is InChI=1S/C25H30NO2P/c1-3-25(27,4-2)24(20-21-14-8-5-9-15-21)26-29(28,22-16-10-6-11-17-22)23-18-12-7-13-19-23/h5-19,24,27H,3-4,20H2,1-2H3,(H,26,28). The highest BCUT2D eigenvalue weighted by atomic mass is 31.2. The van der Waals surface area contributed by atoms with E-state index >= 15 is 0 Å². The average molecular weight is 407 g/mol. The lowest BCUT2D eigenvalue weighted by Gasteiger charge is -2.38. The van der Waals surface area contributed by atoms with Gasteiger partial charge in [-0.15, -0.1) is 0 Å². The fraction of sp³-hybridized carbons (Fsp3) is 0.280. The first kappa shape index (κ1) is 21.5. The van der Waals surface area contributed by atoms with Gasteiger partial charge in [-0.3, -0.25) is 9.65 Å². The molecule has 3 nitrogen and oxygen atoms in total. The van der Waals surface area contributed by atoms with Crippen molar-refractivity contribution in [1.82, 2.24) is 5.09 Å². The van der Waals surface area contributed by atoms with Crippen LogP contribution < -0.4 is 15.7 Å². The Kier molecular flexibility index (Phi) is 7.08. The normalized spacial score (nSPS) is 13.2. The molecule has 0 aliphatic carbocycles. The highest BCUT2D eigenvalue weighted by molar-refractivity contribution is 7.76. The van der Waals surface area contributed by atoms with Crippen molar-refractivity contribution in [2.75, 3.05) is 0 Å². The molecule has 0 aromatic heterocycles. The molecule has 2 N–H and O–H groups in total. The number of nitrogens with one attached hydrogen (secondary N) is 1. The van der Waals surface area contributed by atoms with Gasteiger partial charge in [-0.25, -0.2) is 0 Å². The van der Waals surface area contributed by atoms with Crippen molar-refractivity contribution in [2.24, 2.45) is 0 Å². The summed E-state index contributed by atoms with van der Waals surface area (Å²) in [7, 11) is -3.15. The summed E-state index contributed by atoms with van der Waals surface area (Å²) in [4.78, 5) is 0. The highest BCUT2D eigenvalue weighted by Gasteiger charge is 2.39. The van der Waals surface area contributed by atoms with Crippen LogP contribution in [0.3, 0.4) is 0 Å². The summed E-state index contributed by atoms with van der Waals surface area (Å²) < 4.78 is 14.5. The minimum atomic E-state index is -3.15. The van der Waals surface area contributed by atoms with Crippen molar-refractivity contribution in [1.29, 1.82) is 0 Å². The number of aliphatic hydroxyl groups is 1. The van der Waals surface area contributed by atoms with Crippen LogP contribution in [0.2, 0.25) is 0 Å². The van der Waals surface area contributed by atoms with Gasteiger partial charge in [-0.2, -0.15) is 0 Å². The van der Waals surface area contributed by atoms with Gasteiger partial charge in [-0.05, 0) is 49.1 Å². The van der Waals surface area contributed by atoms with Crippen molar-refractivity contribution >= 4 is 17.9 Å². The van der Waals surface area contributed by atoms with E-state index in [2.05, 4.69) is 17.2 Å². The zero-order chi connectivity index (χ0) is 20.7. The van der Waals surface area contributed by atoms with Crippen LogP contribution in [0.4, 0.5) is 0 Å². The van der Waals surface area contributed by atoms with Crippen LogP contribution in [0.15, 0.2) is 91.0 Å². The fourth-order valence-electron chi connectivity index (χ4n) is 3.74. The molecule has 0 saturated heterocycles. The van der Waals surface area contributed by atoms with Crippen molar-refractivity contribution in [3.05, 3.63) is 96.6 Å². The molecule has 0 bridgehead atoms. The minimum absolute atomic E-state index is 0.355. The van der Waals surface area contributed by atoms with E-state index in [1.165, 1.54) is 0 Å². The SMILES string of the molecule is CCC(O)(CC)C(Cc1ccccc1)NP(=O)(c1ccccc1)c1ccccc1. The maximum atomic E-state index is 14.5. The summed E-state index contributed by atoms with van der Waals surface area (Å²) in [5, 5.41) is 16.4. The van der Waals surface area contributed by atoms with Gasteiger partial charge in [0.1, 0.15) is 0 Å². The zero-order valence-electron chi connectivity index (χ0n) is 17.2. The third-order valence-corrected chi connectivity index (χ3v) is 8.46. The predicted molar refractivity (Wildman–Crippen MR) is 122 cm³/mol. The first-order valence-electron chi connectivity index (χ1n) is 10.3. The van der Waals surface area contributed by atoms with E-state index in [1.807, 2.05) is 92.7 Å². The lowest BCUT2D eigenvalue weighted by Crippen LogP contribution is -2.52. The van der Waals surface area contributed by atoms with Gasteiger partial charge in [0, 0.05) is 16.7 Å². The molecular weight excluding hydrogens is 377 g/mol. The Morgan fingerprint density at radius 2 is 1.21 bits per heavy atom. The van der Waals surface area contributed by atoms with Crippen LogP contribution in [0.1, 0.15) is 32.3 Å². The number of rotatable bonds is 9. The Morgan fingerprint density at radius 1 is 0.793 bits per heavy atom. The largest absolute Gasteiger partial charge is 0.388 e. The molecule has 3 aromatic rings. The van der Waals surface area contributed by atoms with Gasteiger partial charge in [0.2, 0.25) is 7.29 Å². The molecule has 152 valence electrons. The molecule has 0 saturated carbocycles. The third-order valence-electron chi connectivity index (χ3n) is 5.73. The van der Waals surface area contributed by atoms with Crippen LogP contribution in [-0.2, 0) is 11.0 Å². The van der Waals surface area contributed by atoms with E-state index in [0.717, 1.165) is 16.2 Å². The summed E-state index contributed by atoms with van der Waals surface area (Å²) in [5.74, 6) is 0. The second-order valence-electron chi connectivity index (χ2n) is 7.46. The van der Waals surface area contributed by atoms with E-state index in [9.17, 15) is 9.67 Å². The number of benzene rings is 3. The van der Waals surface area contributed by atoms with E-state index in [-0.39, 0.29) is 6.04 Å². The molecule has 3 aromatic carbocycles. The first-order chi connectivity index (χ1) is 14.0.